The van der Waals surface area contributed by atoms with Crippen LogP contribution in [0.5, 0.6) is 5.75 Å². The molecule has 1 saturated heterocycles. The summed E-state index contributed by atoms with van der Waals surface area (Å²) in [4.78, 5) is 14.4. The molecule has 1 aliphatic heterocycles. The van der Waals surface area contributed by atoms with Gasteiger partial charge in [0.2, 0.25) is 0 Å². The molecule has 1 heterocycles. The Morgan fingerprint density at radius 2 is 2.04 bits per heavy atom. The van der Waals surface area contributed by atoms with Gasteiger partial charge in [-0.15, -0.1) is 0 Å². The van der Waals surface area contributed by atoms with Gasteiger partial charge in [-0.2, -0.15) is 0 Å². The lowest BCUT2D eigenvalue weighted by Crippen LogP contribution is -2.42. The summed E-state index contributed by atoms with van der Waals surface area (Å²) in [5.41, 5.74) is 1.46. The molecule has 1 unspecified atom stereocenters. The van der Waals surface area contributed by atoms with Crippen LogP contribution in [0.25, 0.3) is 0 Å². The monoisotopic (exact) mass is 315 g/mol. The predicted octanol–water partition coefficient (Wildman–Crippen LogP) is 3.05. The van der Waals surface area contributed by atoms with Gasteiger partial charge in [0.1, 0.15) is 6.10 Å². The molecular weight excluding hydrogens is 297 g/mol. The second-order valence-electron chi connectivity index (χ2n) is 5.37. The van der Waals surface area contributed by atoms with Crippen molar-refractivity contribution in [1.82, 2.24) is 4.90 Å². The molecular formula is C18H18FNO3. The van der Waals surface area contributed by atoms with Crippen LogP contribution in [0.15, 0.2) is 48.5 Å². The number of rotatable bonds is 3. The Kier molecular flexibility index (Phi) is 4.57. The number of morpholine rings is 1. The molecule has 2 aromatic carbocycles. The van der Waals surface area contributed by atoms with Crippen LogP contribution in [0.4, 0.5) is 4.39 Å². The van der Waals surface area contributed by atoms with E-state index >= 15 is 0 Å². The van der Waals surface area contributed by atoms with Gasteiger partial charge in [-0.25, -0.2) is 4.39 Å². The molecule has 0 bridgehead atoms. The Balaban J connectivity index is 1.77. The first-order valence-corrected chi connectivity index (χ1v) is 7.48. The van der Waals surface area contributed by atoms with Crippen molar-refractivity contribution in [2.45, 2.75) is 6.10 Å². The molecule has 1 fully saturated rings. The Hall–Kier alpha value is -2.40. The number of halogens is 1. The minimum atomic E-state index is -0.479. The summed E-state index contributed by atoms with van der Waals surface area (Å²) in [5, 5.41) is 0. The Labute approximate surface area is 134 Å². The third kappa shape index (κ3) is 3.35. The highest BCUT2D eigenvalue weighted by Crippen LogP contribution is 2.24. The largest absolute Gasteiger partial charge is 0.494 e. The van der Waals surface area contributed by atoms with Crippen LogP contribution in [-0.2, 0) is 4.74 Å². The lowest BCUT2D eigenvalue weighted by Gasteiger charge is -2.33. The van der Waals surface area contributed by atoms with Gasteiger partial charge < -0.3 is 14.4 Å². The van der Waals surface area contributed by atoms with E-state index in [1.54, 1.807) is 4.90 Å². The van der Waals surface area contributed by atoms with Crippen molar-refractivity contribution in [3.05, 3.63) is 65.5 Å². The number of carbonyl (C=O) groups is 1. The quantitative estimate of drug-likeness (QED) is 0.874. The summed E-state index contributed by atoms with van der Waals surface area (Å²) >= 11 is 0. The van der Waals surface area contributed by atoms with E-state index < -0.39 is 5.82 Å². The SMILES string of the molecule is COc1cc(C(=O)N2CCOC(c3ccccc3)C2)ccc1F. The molecule has 5 heteroatoms. The van der Waals surface area contributed by atoms with E-state index in [0.29, 0.717) is 25.3 Å². The van der Waals surface area contributed by atoms with Crippen LogP contribution in [0.1, 0.15) is 22.0 Å². The van der Waals surface area contributed by atoms with Gasteiger partial charge in [-0.3, -0.25) is 4.79 Å². The number of methoxy groups -OCH3 is 1. The molecule has 0 saturated carbocycles. The van der Waals surface area contributed by atoms with Gasteiger partial charge in [-0.05, 0) is 23.8 Å². The van der Waals surface area contributed by atoms with Crippen LogP contribution < -0.4 is 4.74 Å². The van der Waals surface area contributed by atoms with E-state index in [9.17, 15) is 9.18 Å². The van der Waals surface area contributed by atoms with Crippen molar-refractivity contribution in [1.29, 1.82) is 0 Å². The van der Waals surface area contributed by atoms with E-state index in [1.165, 1.54) is 25.3 Å². The lowest BCUT2D eigenvalue weighted by molar-refractivity contribution is -0.0228. The smallest absolute Gasteiger partial charge is 0.254 e. The normalized spacial score (nSPS) is 17.8. The van der Waals surface area contributed by atoms with E-state index in [0.717, 1.165) is 5.56 Å². The van der Waals surface area contributed by atoms with Gasteiger partial charge in [0, 0.05) is 12.1 Å². The highest BCUT2D eigenvalue weighted by Gasteiger charge is 2.26. The maximum atomic E-state index is 13.5. The van der Waals surface area contributed by atoms with Gasteiger partial charge in [0.05, 0.1) is 20.3 Å². The summed E-state index contributed by atoms with van der Waals surface area (Å²) in [6.07, 6.45) is -0.142. The minimum Gasteiger partial charge on any atom is -0.494 e. The second-order valence-corrected chi connectivity index (χ2v) is 5.37. The van der Waals surface area contributed by atoms with Crippen molar-refractivity contribution < 1.29 is 18.7 Å². The summed E-state index contributed by atoms with van der Waals surface area (Å²) in [5.74, 6) is -0.551. The van der Waals surface area contributed by atoms with Crippen LogP contribution >= 0.6 is 0 Å². The lowest BCUT2D eigenvalue weighted by atomic mass is 10.1. The first kappa shape index (κ1) is 15.5. The highest BCUT2D eigenvalue weighted by molar-refractivity contribution is 5.94. The first-order valence-electron chi connectivity index (χ1n) is 7.48. The van der Waals surface area contributed by atoms with E-state index in [2.05, 4.69) is 0 Å². The number of nitrogens with zero attached hydrogens (tertiary/aromatic N) is 1. The number of amides is 1. The fourth-order valence-corrected chi connectivity index (χ4v) is 2.68. The maximum Gasteiger partial charge on any atom is 0.254 e. The average Bonchev–Trinajstić information content (AvgIpc) is 2.62. The topological polar surface area (TPSA) is 38.8 Å². The van der Waals surface area contributed by atoms with Crippen molar-refractivity contribution >= 4 is 5.91 Å². The fraction of sp³-hybridized carbons (Fsp3) is 0.278. The Morgan fingerprint density at radius 3 is 2.78 bits per heavy atom. The van der Waals surface area contributed by atoms with E-state index in [1.807, 2.05) is 30.3 Å². The number of benzene rings is 2. The first-order chi connectivity index (χ1) is 11.2. The molecule has 0 radical (unpaired) electrons. The molecule has 2 aromatic rings. The van der Waals surface area contributed by atoms with Crippen LogP contribution in [0, 0.1) is 5.82 Å². The number of hydrogen-bond donors (Lipinski definition) is 0. The highest BCUT2D eigenvalue weighted by atomic mass is 19.1. The zero-order chi connectivity index (χ0) is 16.2. The van der Waals surface area contributed by atoms with E-state index in [-0.39, 0.29) is 17.8 Å². The second kappa shape index (κ2) is 6.79. The maximum absolute atomic E-state index is 13.5. The molecule has 0 aliphatic carbocycles. The summed E-state index contributed by atoms with van der Waals surface area (Å²) in [6, 6.07) is 14.0. The van der Waals surface area contributed by atoms with Crippen molar-refractivity contribution in [2.24, 2.45) is 0 Å². The van der Waals surface area contributed by atoms with Crippen molar-refractivity contribution in [3.63, 3.8) is 0 Å². The number of ether oxygens (including phenoxy) is 2. The van der Waals surface area contributed by atoms with Crippen LogP contribution in [-0.4, -0.2) is 37.6 Å². The molecule has 0 aromatic heterocycles. The van der Waals surface area contributed by atoms with Gasteiger partial charge in [0.25, 0.3) is 5.91 Å². The molecule has 3 rings (SSSR count). The molecule has 1 atom stereocenters. The molecule has 4 nitrogen and oxygen atoms in total. The molecule has 1 aliphatic rings. The molecule has 0 N–H and O–H groups in total. The summed E-state index contributed by atoms with van der Waals surface area (Å²) in [6.45, 7) is 1.47. The third-order valence-electron chi connectivity index (χ3n) is 3.92. The average molecular weight is 315 g/mol. The number of hydrogen-bond acceptors (Lipinski definition) is 3. The zero-order valence-electron chi connectivity index (χ0n) is 12.9. The standard InChI is InChI=1S/C18H18FNO3/c1-22-16-11-14(7-8-15(16)19)18(21)20-9-10-23-17(12-20)13-5-3-2-4-6-13/h2-8,11,17H,9-10,12H2,1H3. The summed E-state index contributed by atoms with van der Waals surface area (Å²) < 4.78 is 24.2. The zero-order valence-corrected chi connectivity index (χ0v) is 12.9. The Morgan fingerprint density at radius 1 is 1.26 bits per heavy atom. The molecule has 1 amide bonds. The summed E-state index contributed by atoms with van der Waals surface area (Å²) in [7, 11) is 1.38. The fourth-order valence-electron chi connectivity index (χ4n) is 2.68. The molecule has 23 heavy (non-hydrogen) atoms. The van der Waals surface area contributed by atoms with Crippen LogP contribution in [0.2, 0.25) is 0 Å². The van der Waals surface area contributed by atoms with E-state index in [4.69, 9.17) is 9.47 Å². The molecule has 120 valence electrons. The molecule has 0 spiro atoms. The van der Waals surface area contributed by atoms with Gasteiger partial charge >= 0.3 is 0 Å². The number of carbonyl (C=O) groups excluding carboxylic acids is 1. The predicted molar refractivity (Wildman–Crippen MR) is 84.0 cm³/mol. The van der Waals surface area contributed by atoms with Crippen molar-refractivity contribution in [2.75, 3.05) is 26.8 Å². The van der Waals surface area contributed by atoms with Gasteiger partial charge in [-0.1, -0.05) is 30.3 Å². The third-order valence-corrected chi connectivity index (χ3v) is 3.92. The minimum absolute atomic E-state index is 0.0729. The Bertz CT molecular complexity index is 690. The van der Waals surface area contributed by atoms with Crippen molar-refractivity contribution in [3.8, 4) is 5.75 Å². The van der Waals surface area contributed by atoms with Crippen LogP contribution in [0.3, 0.4) is 0 Å². The van der Waals surface area contributed by atoms with Gasteiger partial charge in [0.15, 0.2) is 11.6 Å².